The Kier molecular flexibility index (Phi) is 6.63. The van der Waals surface area contributed by atoms with E-state index >= 15 is 0 Å². The Hall–Kier alpha value is -1.84. The Balaban J connectivity index is 1.86. The molecule has 0 unspecified atom stereocenters. The van der Waals surface area contributed by atoms with Gasteiger partial charge in [-0.25, -0.2) is 0 Å². The van der Waals surface area contributed by atoms with Gasteiger partial charge < -0.3 is 24.8 Å². The van der Waals surface area contributed by atoms with Crippen LogP contribution in [0.15, 0.2) is 24.3 Å². The Bertz CT molecular complexity index is 577. The molecule has 140 valence electrons. The van der Waals surface area contributed by atoms with Crippen LogP contribution >= 0.6 is 0 Å². The third kappa shape index (κ3) is 5.58. The molecule has 0 bridgehead atoms. The number of morpholine rings is 1. The number of benzene rings is 1. The van der Waals surface area contributed by atoms with Gasteiger partial charge >= 0.3 is 6.18 Å². The zero-order valence-electron chi connectivity index (χ0n) is 13.8. The van der Waals surface area contributed by atoms with E-state index in [-0.39, 0.29) is 24.8 Å². The van der Waals surface area contributed by atoms with Crippen LogP contribution in [0.2, 0.25) is 0 Å². The van der Waals surface area contributed by atoms with E-state index in [9.17, 15) is 23.1 Å². The van der Waals surface area contributed by atoms with Crippen molar-refractivity contribution in [1.82, 2.24) is 10.2 Å². The predicted octanol–water partition coefficient (Wildman–Crippen LogP) is 0.892. The molecule has 1 saturated heterocycles. The summed E-state index contributed by atoms with van der Waals surface area (Å²) < 4.78 is 49.1. The lowest BCUT2D eigenvalue weighted by atomic mass is 10.2. The summed E-state index contributed by atoms with van der Waals surface area (Å²) in [5, 5.41) is 13.0. The van der Waals surface area contributed by atoms with E-state index in [0.717, 1.165) is 6.07 Å². The van der Waals surface area contributed by atoms with Crippen molar-refractivity contribution in [3.05, 3.63) is 29.8 Å². The third-order valence-corrected chi connectivity index (χ3v) is 3.69. The second kappa shape index (κ2) is 8.50. The lowest BCUT2D eigenvalue weighted by Crippen LogP contribution is -2.50. The van der Waals surface area contributed by atoms with E-state index in [2.05, 4.69) is 5.32 Å². The maximum atomic E-state index is 12.9. The van der Waals surface area contributed by atoms with Gasteiger partial charge in [0.1, 0.15) is 24.6 Å². The first-order valence-corrected chi connectivity index (χ1v) is 7.83. The van der Waals surface area contributed by atoms with Gasteiger partial charge in [-0.2, -0.15) is 13.2 Å². The number of para-hydroxylation sites is 1. The second-order valence-electron chi connectivity index (χ2n) is 5.74. The zero-order chi connectivity index (χ0) is 18.4. The van der Waals surface area contributed by atoms with E-state index in [1.807, 2.05) is 0 Å². The molecule has 2 atom stereocenters. The summed E-state index contributed by atoms with van der Waals surface area (Å²) in [5.74, 6) is -0.662. The number of halogens is 3. The summed E-state index contributed by atoms with van der Waals surface area (Å²) >= 11 is 0. The molecule has 1 aromatic rings. The first-order valence-electron chi connectivity index (χ1n) is 7.83. The van der Waals surface area contributed by atoms with Gasteiger partial charge in [0.25, 0.3) is 5.91 Å². The summed E-state index contributed by atoms with van der Waals surface area (Å²) in [5.41, 5.74) is -0.909. The highest BCUT2D eigenvalue weighted by Gasteiger charge is 2.34. The average Bonchev–Trinajstić information content (AvgIpc) is 2.59. The number of aliphatic hydroxyl groups is 1. The number of ether oxygens (including phenoxy) is 2. The maximum absolute atomic E-state index is 12.9. The first kappa shape index (κ1) is 19.5. The van der Waals surface area contributed by atoms with Crippen LogP contribution < -0.4 is 10.1 Å². The molecular weight excluding hydrogens is 341 g/mol. The van der Waals surface area contributed by atoms with Gasteiger partial charge in [0.05, 0.1) is 12.2 Å². The van der Waals surface area contributed by atoms with Gasteiger partial charge in [-0.1, -0.05) is 12.1 Å². The van der Waals surface area contributed by atoms with Crippen molar-refractivity contribution in [1.29, 1.82) is 0 Å². The van der Waals surface area contributed by atoms with Gasteiger partial charge in [0.2, 0.25) is 0 Å². The Morgan fingerprint density at radius 1 is 1.48 bits per heavy atom. The minimum absolute atomic E-state index is 0.0765. The molecular formula is C16H21F3N2O4. The fourth-order valence-corrected chi connectivity index (χ4v) is 2.44. The molecule has 1 aliphatic heterocycles. The van der Waals surface area contributed by atoms with Crippen LogP contribution in [0.4, 0.5) is 13.2 Å². The molecule has 1 aromatic carbocycles. The molecule has 1 aliphatic rings. The molecule has 1 amide bonds. The van der Waals surface area contributed by atoms with Gasteiger partial charge in [0.15, 0.2) is 0 Å². The number of aliphatic hydroxyl groups excluding tert-OH is 1. The van der Waals surface area contributed by atoms with Gasteiger partial charge in [-0.05, 0) is 12.1 Å². The number of likely N-dealkylation sites (N-methyl/N-ethyl adjacent to an activating group) is 1. The van der Waals surface area contributed by atoms with Crippen molar-refractivity contribution >= 4 is 5.91 Å². The monoisotopic (exact) mass is 362 g/mol. The molecule has 0 spiro atoms. The van der Waals surface area contributed by atoms with Crippen molar-refractivity contribution in [3.63, 3.8) is 0 Å². The number of nitrogens with one attached hydrogen (secondary N) is 1. The fraction of sp³-hybridized carbons (Fsp3) is 0.562. The van der Waals surface area contributed by atoms with Gasteiger partial charge in [-0.15, -0.1) is 0 Å². The number of hydrogen-bond donors (Lipinski definition) is 2. The Morgan fingerprint density at radius 3 is 2.84 bits per heavy atom. The molecule has 1 heterocycles. The molecule has 0 aliphatic carbocycles. The second-order valence-corrected chi connectivity index (χ2v) is 5.74. The van der Waals surface area contributed by atoms with Crippen LogP contribution in [-0.4, -0.2) is 68.0 Å². The Labute approximate surface area is 143 Å². The smallest absolute Gasteiger partial charge is 0.419 e. The Morgan fingerprint density at radius 2 is 2.20 bits per heavy atom. The molecule has 0 radical (unpaired) electrons. The maximum Gasteiger partial charge on any atom is 0.419 e. The van der Waals surface area contributed by atoms with E-state index in [1.165, 1.54) is 30.1 Å². The summed E-state index contributed by atoms with van der Waals surface area (Å²) in [6.45, 7) is 1.03. The van der Waals surface area contributed by atoms with Crippen LogP contribution in [0, 0.1) is 0 Å². The highest BCUT2D eigenvalue weighted by atomic mass is 19.4. The number of nitrogens with zero attached hydrogens (tertiary/aromatic N) is 1. The molecule has 0 aromatic heterocycles. The average molecular weight is 362 g/mol. The largest absolute Gasteiger partial charge is 0.490 e. The molecule has 6 nitrogen and oxygen atoms in total. The lowest BCUT2D eigenvalue weighted by Gasteiger charge is -2.28. The number of alkyl halides is 3. The summed E-state index contributed by atoms with van der Waals surface area (Å²) in [7, 11) is 1.49. The quantitative estimate of drug-likeness (QED) is 0.787. The van der Waals surface area contributed by atoms with Gasteiger partial charge in [-0.3, -0.25) is 4.79 Å². The molecule has 0 saturated carbocycles. The van der Waals surface area contributed by atoms with Gasteiger partial charge in [0, 0.05) is 26.7 Å². The van der Waals surface area contributed by atoms with Crippen LogP contribution in [-0.2, 0) is 15.7 Å². The zero-order valence-corrected chi connectivity index (χ0v) is 13.8. The molecule has 9 heteroatoms. The normalized spacial score (nSPS) is 19.3. The van der Waals surface area contributed by atoms with E-state index < -0.39 is 23.9 Å². The first-order chi connectivity index (χ1) is 11.8. The molecule has 1 fully saturated rings. The van der Waals surface area contributed by atoms with Crippen LogP contribution in [0.3, 0.4) is 0 Å². The number of carbonyl (C=O) groups is 1. The predicted molar refractivity (Wildman–Crippen MR) is 83.2 cm³/mol. The summed E-state index contributed by atoms with van der Waals surface area (Å²) in [6, 6.07) is 4.77. The van der Waals surface area contributed by atoms with E-state index in [1.54, 1.807) is 0 Å². The number of amides is 1. The van der Waals surface area contributed by atoms with Crippen molar-refractivity contribution in [3.8, 4) is 5.75 Å². The minimum Gasteiger partial charge on any atom is -0.490 e. The minimum atomic E-state index is -4.54. The highest BCUT2D eigenvalue weighted by molar-refractivity contribution is 5.81. The summed E-state index contributed by atoms with van der Waals surface area (Å²) in [4.78, 5) is 13.4. The molecule has 2 N–H and O–H groups in total. The lowest BCUT2D eigenvalue weighted by molar-refractivity contribution is -0.145. The summed E-state index contributed by atoms with van der Waals surface area (Å²) in [6.07, 6.45) is -6.30. The number of hydrogen-bond acceptors (Lipinski definition) is 5. The van der Waals surface area contributed by atoms with Crippen molar-refractivity contribution in [2.75, 3.05) is 39.9 Å². The van der Waals surface area contributed by atoms with Crippen molar-refractivity contribution in [2.24, 2.45) is 0 Å². The van der Waals surface area contributed by atoms with E-state index in [0.29, 0.717) is 19.7 Å². The molecule has 2 rings (SSSR count). The van der Waals surface area contributed by atoms with Crippen LogP contribution in [0.1, 0.15) is 5.56 Å². The van der Waals surface area contributed by atoms with Crippen LogP contribution in [0.25, 0.3) is 0 Å². The number of carbonyl (C=O) groups excluding carboxylic acids is 1. The van der Waals surface area contributed by atoms with Crippen LogP contribution in [0.5, 0.6) is 5.75 Å². The van der Waals surface area contributed by atoms with E-state index in [4.69, 9.17) is 9.47 Å². The fourth-order valence-electron chi connectivity index (χ4n) is 2.44. The van der Waals surface area contributed by atoms with Crippen molar-refractivity contribution in [2.45, 2.75) is 18.4 Å². The number of rotatable bonds is 6. The topological polar surface area (TPSA) is 71.0 Å². The molecule has 25 heavy (non-hydrogen) atoms. The highest BCUT2D eigenvalue weighted by Crippen LogP contribution is 2.35. The standard InChI is InChI=1S/C16H21F3N2O4/c1-21(15(23)14-8-20-6-7-24-14)9-11(22)10-25-13-5-3-2-4-12(13)16(17,18)19/h2-5,11,14,20,22H,6-10H2,1H3/t11-,14-/m0/s1. The third-order valence-electron chi connectivity index (χ3n) is 3.69. The SMILES string of the molecule is CN(C[C@H](O)COc1ccccc1C(F)(F)F)C(=O)[C@@H]1CNCCO1. The van der Waals surface area contributed by atoms with Crippen molar-refractivity contribution < 1.29 is 32.5 Å².